The first-order valence-electron chi connectivity index (χ1n) is 8.50. The fourth-order valence-corrected chi connectivity index (χ4v) is 3.16. The Bertz CT molecular complexity index is 571. The molecule has 0 saturated carbocycles. The third kappa shape index (κ3) is 4.96. The van der Waals surface area contributed by atoms with Crippen molar-refractivity contribution in [3.05, 3.63) is 29.8 Å². The Kier molecular flexibility index (Phi) is 6.20. The molecule has 2 rings (SSSR count). The van der Waals surface area contributed by atoms with Gasteiger partial charge in [-0.15, -0.1) is 0 Å². The van der Waals surface area contributed by atoms with Crippen LogP contribution in [-0.4, -0.2) is 57.5 Å². The van der Waals surface area contributed by atoms with Gasteiger partial charge in [0, 0.05) is 33.4 Å². The topological polar surface area (TPSA) is 71.1 Å². The summed E-state index contributed by atoms with van der Waals surface area (Å²) in [6.07, 6.45) is 1.80. The van der Waals surface area contributed by atoms with E-state index in [1.165, 1.54) is 0 Å². The molecule has 0 spiro atoms. The van der Waals surface area contributed by atoms with Crippen LogP contribution >= 0.6 is 0 Å². The number of rotatable bonds is 6. The molecular formula is C18H29N4O2+. The highest BCUT2D eigenvalue weighted by Crippen LogP contribution is 2.13. The monoisotopic (exact) mass is 333 g/mol. The van der Waals surface area contributed by atoms with E-state index in [2.05, 4.69) is 24.3 Å². The van der Waals surface area contributed by atoms with Crippen LogP contribution in [-0.2, 0) is 16.1 Å². The summed E-state index contributed by atoms with van der Waals surface area (Å²) < 4.78 is 0. The van der Waals surface area contributed by atoms with Gasteiger partial charge >= 0.3 is 0 Å². The molecule has 2 amide bonds. The zero-order valence-corrected chi connectivity index (χ0v) is 14.9. The number of benzene rings is 1. The van der Waals surface area contributed by atoms with Gasteiger partial charge in [-0.25, -0.2) is 0 Å². The summed E-state index contributed by atoms with van der Waals surface area (Å²) in [6, 6.07) is 8.22. The fraction of sp³-hybridized carbons (Fsp3) is 0.556. The molecule has 1 aromatic carbocycles. The van der Waals surface area contributed by atoms with Gasteiger partial charge in [0.15, 0.2) is 6.54 Å². The molecule has 1 aromatic rings. The molecule has 24 heavy (non-hydrogen) atoms. The number of primary amides is 1. The molecule has 6 nitrogen and oxygen atoms in total. The van der Waals surface area contributed by atoms with Crippen LogP contribution in [0.4, 0.5) is 5.69 Å². The SMILES string of the molecule is CN(Cc1ccc(N(C)C)cc1)C(=O)C[NH+]1CCC[C@@H](C(N)=O)C1. The maximum atomic E-state index is 12.4. The van der Waals surface area contributed by atoms with Crippen molar-refractivity contribution in [2.45, 2.75) is 19.4 Å². The lowest BCUT2D eigenvalue weighted by Crippen LogP contribution is -3.14. The number of likely N-dealkylation sites (N-methyl/N-ethyl adjacent to an activating group) is 1. The molecule has 1 saturated heterocycles. The molecule has 0 aliphatic carbocycles. The van der Waals surface area contributed by atoms with Crippen molar-refractivity contribution in [3.8, 4) is 0 Å². The Morgan fingerprint density at radius 3 is 2.46 bits per heavy atom. The van der Waals surface area contributed by atoms with Gasteiger partial charge in [0.2, 0.25) is 5.91 Å². The second-order valence-electron chi connectivity index (χ2n) is 6.93. The van der Waals surface area contributed by atoms with Crippen LogP contribution in [0.2, 0.25) is 0 Å². The number of carbonyl (C=O) groups excluding carboxylic acids is 2. The molecule has 0 bridgehead atoms. The second kappa shape index (κ2) is 8.15. The van der Waals surface area contributed by atoms with E-state index in [1.54, 1.807) is 4.90 Å². The van der Waals surface area contributed by atoms with E-state index in [4.69, 9.17) is 5.73 Å². The van der Waals surface area contributed by atoms with Crippen molar-refractivity contribution >= 4 is 17.5 Å². The maximum Gasteiger partial charge on any atom is 0.277 e. The summed E-state index contributed by atoms with van der Waals surface area (Å²) in [5.74, 6) is -0.230. The van der Waals surface area contributed by atoms with Crippen LogP contribution in [0.1, 0.15) is 18.4 Å². The minimum absolute atomic E-state index is 0.0922. The summed E-state index contributed by atoms with van der Waals surface area (Å²) in [5.41, 5.74) is 7.66. The lowest BCUT2D eigenvalue weighted by molar-refractivity contribution is -0.899. The van der Waals surface area contributed by atoms with E-state index in [0.717, 1.165) is 35.5 Å². The van der Waals surface area contributed by atoms with Crippen molar-refractivity contribution < 1.29 is 14.5 Å². The van der Waals surface area contributed by atoms with E-state index >= 15 is 0 Å². The lowest BCUT2D eigenvalue weighted by Gasteiger charge is -2.29. The molecule has 1 heterocycles. The number of quaternary nitrogens is 1. The summed E-state index contributed by atoms with van der Waals surface area (Å²) >= 11 is 0. The number of nitrogens with two attached hydrogens (primary N) is 1. The number of amides is 2. The maximum absolute atomic E-state index is 12.4. The molecule has 132 valence electrons. The van der Waals surface area contributed by atoms with Crippen LogP contribution < -0.4 is 15.5 Å². The molecule has 6 heteroatoms. The summed E-state index contributed by atoms with van der Waals surface area (Å²) in [7, 11) is 5.84. The van der Waals surface area contributed by atoms with E-state index in [-0.39, 0.29) is 17.7 Å². The summed E-state index contributed by atoms with van der Waals surface area (Å²) in [5, 5.41) is 0. The van der Waals surface area contributed by atoms with Gasteiger partial charge in [-0.05, 0) is 30.5 Å². The van der Waals surface area contributed by atoms with Crippen LogP contribution in [0.15, 0.2) is 24.3 Å². The minimum Gasteiger partial charge on any atom is -0.378 e. The van der Waals surface area contributed by atoms with E-state index in [9.17, 15) is 9.59 Å². The quantitative estimate of drug-likeness (QED) is 0.737. The van der Waals surface area contributed by atoms with Crippen LogP contribution in [0, 0.1) is 5.92 Å². The predicted molar refractivity (Wildman–Crippen MR) is 94.7 cm³/mol. The Balaban J connectivity index is 1.86. The molecule has 2 atom stereocenters. The van der Waals surface area contributed by atoms with E-state index in [0.29, 0.717) is 19.6 Å². The summed E-state index contributed by atoms with van der Waals surface area (Å²) in [6.45, 7) is 2.63. The number of carbonyl (C=O) groups is 2. The van der Waals surface area contributed by atoms with Gasteiger partial charge < -0.3 is 20.4 Å². The Hall–Kier alpha value is -2.08. The van der Waals surface area contributed by atoms with Crippen molar-refractivity contribution in [3.63, 3.8) is 0 Å². The van der Waals surface area contributed by atoms with Gasteiger partial charge in [-0.2, -0.15) is 0 Å². The molecule has 1 aliphatic heterocycles. The zero-order valence-electron chi connectivity index (χ0n) is 14.9. The standard InChI is InChI=1S/C18H28N4O2/c1-20(2)16-8-6-14(7-9-16)11-21(3)17(23)13-22-10-4-5-15(12-22)18(19)24/h6-9,15H,4-5,10-13H2,1-3H3,(H2,19,24)/p+1/t15-/m1/s1. The number of nitrogens with one attached hydrogen (secondary N) is 1. The third-order valence-electron chi connectivity index (χ3n) is 4.72. The van der Waals surface area contributed by atoms with Gasteiger partial charge in [0.25, 0.3) is 5.91 Å². The highest BCUT2D eigenvalue weighted by atomic mass is 16.2. The smallest absolute Gasteiger partial charge is 0.277 e. The number of piperidine rings is 1. The van der Waals surface area contributed by atoms with Crippen LogP contribution in [0.25, 0.3) is 0 Å². The Morgan fingerprint density at radius 2 is 1.88 bits per heavy atom. The Morgan fingerprint density at radius 1 is 1.21 bits per heavy atom. The van der Waals surface area contributed by atoms with Gasteiger partial charge in [0.05, 0.1) is 19.0 Å². The first-order chi connectivity index (χ1) is 11.4. The van der Waals surface area contributed by atoms with E-state index < -0.39 is 0 Å². The van der Waals surface area contributed by atoms with Gasteiger partial charge in [-0.3, -0.25) is 9.59 Å². The largest absolute Gasteiger partial charge is 0.378 e. The number of likely N-dealkylation sites (tertiary alicyclic amines) is 1. The van der Waals surface area contributed by atoms with Crippen LogP contribution in [0.5, 0.6) is 0 Å². The second-order valence-corrected chi connectivity index (χ2v) is 6.93. The number of hydrogen-bond acceptors (Lipinski definition) is 3. The first kappa shape index (κ1) is 18.3. The normalized spacial score (nSPS) is 20.5. The molecular weight excluding hydrogens is 304 g/mol. The van der Waals surface area contributed by atoms with Gasteiger partial charge in [-0.1, -0.05) is 12.1 Å². The van der Waals surface area contributed by atoms with Crippen molar-refractivity contribution in [1.82, 2.24) is 4.90 Å². The Labute approximate surface area is 144 Å². The highest BCUT2D eigenvalue weighted by Gasteiger charge is 2.29. The van der Waals surface area contributed by atoms with Crippen molar-refractivity contribution in [2.24, 2.45) is 11.7 Å². The summed E-state index contributed by atoms with van der Waals surface area (Å²) in [4.78, 5) is 28.8. The molecule has 0 radical (unpaired) electrons. The van der Waals surface area contributed by atoms with Crippen molar-refractivity contribution in [1.29, 1.82) is 0 Å². The number of nitrogens with zero attached hydrogens (tertiary/aromatic N) is 2. The third-order valence-corrected chi connectivity index (χ3v) is 4.72. The predicted octanol–water partition coefficient (Wildman–Crippen LogP) is -0.509. The number of hydrogen-bond donors (Lipinski definition) is 2. The zero-order chi connectivity index (χ0) is 17.7. The molecule has 3 N–H and O–H groups in total. The molecule has 1 unspecified atom stereocenters. The van der Waals surface area contributed by atoms with Crippen LogP contribution in [0.3, 0.4) is 0 Å². The first-order valence-corrected chi connectivity index (χ1v) is 8.50. The molecule has 1 fully saturated rings. The fourth-order valence-electron chi connectivity index (χ4n) is 3.16. The minimum atomic E-state index is -0.242. The van der Waals surface area contributed by atoms with E-state index in [1.807, 2.05) is 26.0 Å². The lowest BCUT2D eigenvalue weighted by atomic mass is 9.97. The number of anilines is 1. The molecule has 0 aromatic heterocycles. The highest BCUT2D eigenvalue weighted by molar-refractivity contribution is 5.77. The van der Waals surface area contributed by atoms with Gasteiger partial charge in [0.1, 0.15) is 0 Å². The average Bonchev–Trinajstić information content (AvgIpc) is 2.55. The molecule has 1 aliphatic rings. The van der Waals surface area contributed by atoms with Crippen molar-refractivity contribution in [2.75, 3.05) is 45.7 Å². The average molecular weight is 333 g/mol.